The Labute approximate surface area is 104 Å². The Morgan fingerprint density at radius 1 is 1.59 bits per heavy atom. The molecule has 5 nitrogen and oxygen atoms in total. The molecular weight excluding hydrogens is 218 g/mol. The lowest BCUT2D eigenvalue weighted by atomic mass is 9.93. The van der Waals surface area contributed by atoms with E-state index in [2.05, 4.69) is 19.2 Å². The van der Waals surface area contributed by atoms with Crippen LogP contribution in [0.1, 0.15) is 27.2 Å². The summed E-state index contributed by atoms with van der Waals surface area (Å²) in [7, 11) is 0. The van der Waals surface area contributed by atoms with Gasteiger partial charge in [-0.1, -0.05) is 13.8 Å². The van der Waals surface area contributed by atoms with Gasteiger partial charge in [0.25, 0.3) is 0 Å². The predicted molar refractivity (Wildman–Crippen MR) is 67.8 cm³/mol. The van der Waals surface area contributed by atoms with Gasteiger partial charge in [-0.25, -0.2) is 4.79 Å². The molecule has 0 saturated carbocycles. The molecule has 0 spiro atoms. The third kappa shape index (κ3) is 4.52. The van der Waals surface area contributed by atoms with Gasteiger partial charge in [-0.05, 0) is 25.3 Å². The van der Waals surface area contributed by atoms with Crippen molar-refractivity contribution < 1.29 is 9.53 Å². The molecule has 0 radical (unpaired) electrons. The van der Waals surface area contributed by atoms with Crippen LogP contribution in [0.15, 0.2) is 0 Å². The number of nitrogens with zero attached hydrogens (tertiary/aromatic N) is 1. The molecule has 0 aromatic heterocycles. The molecule has 1 rings (SSSR count). The van der Waals surface area contributed by atoms with Crippen molar-refractivity contribution in [1.29, 1.82) is 0 Å². The number of ether oxygens (including phenoxy) is 1. The van der Waals surface area contributed by atoms with Crippen LogP contribution in [-0.4, -0.2) is 49.8 Å². The molecule has 1 fully saturated rings. The molecular formula is C12H25N3O2. The molecule has 1 atom stereocenters. The average Bonchev–Trinajstić information content (AvgIpc) is 2.78. The first-order valence-corrected chi connectivity index (χ1v) is 6.32. The van der Waals surface area contributed by atoms with Crippen LogP contribution in [0.5, 0.6) is 0 Å². The van der Waals surface area contributed by atoms with Crippen LogP contribution in [-0.2, 0) is 4.74 Å². The number of nitrogens with two attached hydrogens (primary N) is 1. The van der Waals surface area contributed by atoms with Gasteiger partial charge in [0.1, 0.15) is 0 Å². The molecule has 1 unspecified atom stereocenters. The number of hydrogen-bond acceptors (Lipinski definition) is 3. The van der Waals surface area contributed by atoms with E-state index < -0.39 is 0 Å². The van der Waals surface area contributed by atoms with Crippen LogP contribution in [0.4, 0.5) is 4.79 Å². The van der Waals surface area contributed by atoms with E-state index >= 15 is 0 Å². The minimum atomic E-state index is -0.0421. The van der Waals surface area contributed by atoms with Crippen molar-refractivity contribution in [2.24, 2.45) is 11.1 Å². The van der Waals surface area contributed by atoms with Gasteiger partial charge >= 0.3 is 6.03 Å². The highest BCUT2D eigenvalue weighted by atomic mass is 16.5. The number of carbonyl (C=O) groups excluding carboxylic acids is 1. The minimum absolute atomic E-state index is 0.00970. The van der Waals surface area contributed by atoms with Gasteiger partial charge in [0.05, 0.1) is 12.6 Å². The van der Waals surface area contributed by atoms with Crippen molar-refractivity contribution in [2.75, 3.05) is 32.8 Å². The van der Waals surface area contributed by atoms with E-state index in [0.29, 0.717) is 26.2 Å². The second-order valence-electron chi connectivity index (χ2n) is 5.39. The number of nitrogens with one attached hydrogen (secondary N) is 1. The van der Waals surface area contributed by atoms with E-state index in [1.54, 1.807) is 0 Å². The van der Waals surface area contributed by atoms with Gasteiger partial charge in [0.2, 0.25) is 0 Å². The molecule has 0 aromatic carbocycles. The van der Waals surface area contributed by atoms with Crippen LogP contribution in [0.2, 0.25) is 0 Å². The largest absolute Gasteiger partial charge is 0.379 e. The molecule has 0 bridgehead atoms. The fourth-order valence-corrected chi connectivity index (χ4v) is 1.82. The van der Waals surface area contributed by atoms with Crippen LogP contribution < -0.4 is 11.1 Å². The highest BCUT2D eigenvalue weighted by Gasteiger charge is 2.25. The minimum Gasteiger partial charge on any atom is -0.379 e. The van der Waals surface area contributed by atoms with Crippen LogP contribution >= 0.6 is 0 Å². The van der Waals surface area contributed by atoms with Crippen molar-refractivity contribution in [3.05, 3.63) is 0 Å². The fraction of sp³-hybridized carbons (Fsp3) is 0.917. The maximum absolute atomic E-state index is 12.0. The second-order valence-corrected chi connectivity index (χ2v) is 5.39. The van der Waals surface area contributed by atoms with Gasteiger partial charge in [-0.3, -0.25) is 0 Å². The van der Waals surface area contributed by atoms with E-state index in [0.717, 1.165) is 13.0 Å². The van der Waals surface area contributed by atoms with Gasteiger partial charge < -0.3 is 20.7 Å². The highest BCUT2D eigenvalue weighted by molar-refractivity contribution is 5.74. The lowest BCUT2D eigenvalue weighted by molar-refractivity contribution is 0.163. The molecule has 0 aliphatic carbocycles. The maximum Gasteiger partial charge on any atom is 0.317 e. The average molecular weight is 243 g/mol. The van der Waals surface area contributed by atoms with Gasteiger partial charge in [0, 0.05) is 19.7 Å². The Bertz CT molecular complexity index is 250. The van der Waals surface area contributed by atoms with Crippen molar-refractivity contribution in [2.45, 2.75) is 33.2 Å². The molecule has 1 aliphatic rings. The van der Waals surface area contributed by atoms with Crippen molar-refractivity contribution in [1.82, 2.24) is 10.2 Å². The van der Waals surface area contributed by atoms with Crippen molar-refractivity contribution in [3.63, 3.8) is 0 Å². The van der Waals surface area contributed by atoms with Crippen molar-refractivity contribution in [3.8, 4) is 0 Å². The molecule has 1 aliphatic heterocycles. The zero-order valence-corrected chi connectivity index (χ0v) is 11.2. The number of carbonyl (C=O) groups is 1. The fourth-order valence-electron chi connectivity index (χ4n) is 1.82. The van der Waals surface area contributed by atoms with E-state index in [1.165, 1.54) is 0 Å². The summed E-state index contributed by atoms with van der Waals surface area (Å²) in [5, 5.41) is 3.00. The van der Waals surface area contributed by atoms with Crippen molar-refractivity contribution >= 4 is 6.03 Å². The first-order chi connectivity index (χ1) is 7.98. The standard InChI is InChI=1S/C12H25N3O2/c1-4-15(9-12(2,3)8-13)11(16)14-10-5-6-17-7-10/h10H,4-9,13H2,1-3H3,(H,14,16). The summed E-state index contributed by atoms with van der Waals surface area (Å²) >= 11 is 0. The molecule has 1 saturated heterocycles. The zero-order valence-electron chi connectivity index (χ0n) is 11.2. The Hall–Kier alpha value is -0.810. The summed E-state index contributed by atoms with van der Waals surface area (Å²) in [6.45, 7) is 9.45. The topological polar surface area (TPSA) is 67.6 Å². The maximum atomic E-state index is 12.0. The Morgan fingerprint density at radius 3 is 2.76 bits per heavy atom. The SMILES string of the molecule is CCN(CC(C)(C)CN)C(=O)NC1CCOC1. The third-order valence-electron chi connectivity index (χ3n) is 3.10. The summed E-state index contributed by atoms with van der Waals surface area (Å²) in [6, 6.07) is 0.155. The predicted octanol–water partition coefficient (Wildman–Crippen LogP) is 0.792. The first kappa shape index (κ1) is 14.3. The Balaban J connectivity index is 2.45. The van der Waals surface area contributed by atoms with E-state index in [4.69, 9.17) is 10.5 Å². The lowest BCUT2D eigenvalue weighted by Crippen LogP contribution is -2.49. The van der Waals surface area contributed by atoms with Gasteiger partial charge in [0.15, 0.2) is 0 Å². The smallest absolute Gasteiger partial charge is 0.317 e. The number of hydrogen-bond donors (Lipinski definition) is 2. The van der Waals surface area contributed by atoms with Gasteiger partial charge in [-0.2, -0.15) is 0 Å². The second kappa shape index (κ2) is 6.21. The summed E-state index contributed by atoms with van der Waals surface area (Å²) in [4.78, 5) is 13.9. The third-order valence-corrected chi connectivity index (χ3v) is 3.10. The molecule has 0 aromatic rings. The van der Waals surface area contributed by atoms with Crippen LogP contribution in [0.25, 0.3) is 0 Å². The molecule has 17 heavy (non-hydrogen) atoms. The summed E-state index contributed by atoms with van der Waals surface area (Å²) in [6.07, 6.45) is 0.906. The van der Waals surface area contributed by atoms with E-state index in [9.17, 15) is 4.79 Å². The Kier molecular flexibility index (Phi) is 5.21. The first-order valence-electron chi connectivity index (χ1n) is 6.32. The summed E-state index contributed by atoms with van der Waals surface area (Å²) in [5.41, 5.74) is 5.65. The number of urea groups is 1. The van der Waals surface area contributed by atoms with Gasteiger partial charge in [-0.15, -0.1) is 0 Å². The molecule has 100 valence electrons. The lowest BCUT2D eigenvalue weighted by Gasteiger charge is -2.31. The quantitative estimate of drug-likeness (QED) is 0.750. The molecule has 5 heteroatoms. The van der Waals surface area contributed by atoms with E-state index in [1.807, 2.05) is 11.8 Å². The summed E-state index contributed by atoms with van der Waals surface area (Å²) in [5.74, 6) is 0. The van der Waals surface area contributed by atoms with Crippen LogP contribution in [0.3, 0.4) is 0 Å². The molecule has 2 amide bonds. The molecule has 3 N–H and O–H groups in total. The van der Waals surface area contributed by atoms with Crippen LogP contribution in [0, 0.1) is 5.41 Å². The Morgan fingerprint density at radius 2 is 2.29 bits per heavy atom. The number of rotatable bonds is 5. The van der Waals surface area contributed by atoms with E-state index in [-0.39, 0.29) is 17.5 Å². The highest BCUT2D eigenvalue weighted by Crippen LogP contribution is 2.15. The molecule has 1 heterocycles. The number of amides is 2. The summed E-state index contributed by atoms with van der Waals surface area (Å²) < 4.78 is 5.24. The normalized spacial score (nSPS) is 20.4. The zero-order chi connectivity index (χ0) is 12.9. The monoisotopic (exact) mass is 243 g/mol.